The van der Waals surface area contributed by atoms with E-state index < -0.39 is 12.0 Å². The molecule has 1 unspecified atom stereocenters. The third-order valence-corrected chi connectivity index (χ3v) is 5.95. The van der Waals surface area contributed by atoms with Crippen LogP contribution in [0.15, 0.2) is 52.1 Å². The molecule has 0 aliphatic carbocycles. The predicted octanol–water partition coefficient (Wildman–Crippen LogP) is 5.17. The van der Waals surface area contributed by atoms with Crippen LogP contribution in [-0.4, -0.2) is 32.8 Å². The molecule has 1 aliphatic rings. The van der Waals surface area contributed by atoms with Gasteiger partial charge in [-0.15, -0.1) is 0 Å². The first kappa shape index (κ1) is 22.6. The number of nitrogens with one attached hydrogen (secondary N) is 1. The van der Waals surface area contributed by atoms with Gasteiger partial charge in [-0.1, -0.05) is 50.3 Å². The summed E-state index contributed by atoms with van der Waals surface area (Å²) in [6, 6.07) is 10.1. The van der Waals surface area contributed by atoms with Crippen LogP contribution in [0.2, 0.25) is 10.0 Å². The topological polar surface area (TPSA) is 91.2 Å². The molecule has 0 saturated carbocycles. The van der Waals surface area contributed by atoms with Crippen molar-refractivity contribution in [2.24, 2.45) is 0 Å². The van der Waals surface area contributed by atoms with Crippen LogP contribution in [0.3, 0.4) is 0 Å². The van der Waals surface area contributed by atoms with E-state index in [1.807, 2.05) is 18.2 Å². The second-order valence-corrected chi connectivity index (χ2v) is 8.70. The van der Waals surface area contributed by atoms with Gasteiger partial charge in [-0.25, -0.2) is 4.79 Å². The van der Waals surface area contributed by atoms with Crippen LogP contribution in [-0.2, 0) is 16.1 Å². The maximum absolute atomic E-state index is 12.9. The van der Waals surface area contributed by atoms with E-state index in [4.69, 9.17) is 32.7 Å². The molecule has 1 aliphatic heterocycles. The zero-order chi connectivity index (χ0) is 22.8. The quantitative estimate of drug-likeness (QED) is 0.432. The van der Waals surface area contributed by atoms with Crippen LogP contribution < -0.4 is 10.1 Å². The lowest BCUT2D eigenvalue weighted by Gasteiger charge is -2.28. The fraction of sp³-hybridized carbons (Fsp3) is 0.238. The molecule has 11 heteroatoms. The highest BCUT2D eigenvalue weighted by atomic mass is 79.9. The van der Waals surface area contributed by atoms with Gasteiger partial charge in [0.05, 0.1) is 12.2 Å². The molecule has 0 fully saturated rings. The second kappa shape index (κ2) is 9.48. The molecule has 0 spiro atoms. The van der Waals surface area contributed by atoms with E-state index in [1.54, 1.807) is 32.0 Å². The summed E-state index contributed by atoms with van der Waals surface area (Å²) < 4.78 is 13.8. The number of esters is 1. The van der Waals surface area contributed by atoms with Crippen molar-refractivity contribution in [3.05, 3.63) is 73.3 Å². The van der Waals surface area contributed by atoms with Crippen LogP contribution in [0.5, 0.6) is 5.75 Å². The van der Waals surface area contributed by atoms with Crippen molar-refractivity contribution in [1.29, 1.82) is 0 Å². The van der Waals surface area contributed by atoms with Crippen LogP contribution >= 0.6 is 39.1 Å². The summed E-state index contributed by atoms with van der Waals surface area (Å²) in [6.07, 6.45) is 0. The highest BCUT2D eigenvalue weighted by Gasteiger charge is 2.36. The number of hydrogen-bond donors (Lipinski definition) is 1. The molecule has 4 rings (SSSR count). The molecule has 0 saturated heterocycles. The molecule has 166 valence electrons. The van der Waals surface area contributed by atoms with E-state index in [9.17, 15) is 4.79 Å². The lowest BCUT2D eigenvalue weighted by Crippen LogP contribution is -2.30. The van der Waals surface area contributed by atoms with Gasteiger partial charge in [-0.2, -0.15) is 4.68 Å². The average Bonchev–Trinajstić information content (AvgIpc) is 3.21. The zero-order valence-electron chi connectivity index (χ0n) is 17.1. The van der Waals surface area contributed by atoms with Gasteiger partial charge in [0, 0.05) is 31.3 Å². The lowest BCUT2D eigenvalue weighted by molar-refractivity contribution is -0.139. The minimum absolute atomic E-state index is 0.204. The van der Waals surface area contributed by atoms with Gasteiger partial charge in [0.25, 0.3) is 0 Å². The van der Waals surface area contributed by atoms with Crippen LogP contribution in [0.25, 0.3) is 0 Å². The van der Waals surface area contributed by atoms with E-state index in [2.05, 4.69) is 36.8 Å². The van der Waals surface area contributed by atoms with Gasteiger partial charge in [0.1, 0.15) is 18.4 Å². The molecule has 0 bridgehead atoms. The van der Waals surface area contributed by atoms with Crippen molar-refractivity contribution >= 4 is 51.0 Å². The van der Waals surface area contributed by atoms with Crippen molar-refractivity contribution < 1.29 is 14.3 Å². The van der Waals surface area contributed by atoms with E-state index in [0.717, 1.165) is 10.0 Å². The summed E-state index contributed by atoms with van der Waals surface area (Å²) in [5.74, 6) is 0.490. The number of nitrogens with zero attached hydrogens (tertiary/aromatic N) is 4. The van der Waals surface area contributed by atoms with E-state index >= 15 is 0 Å². The molecule has 32 heavy (non-hydrogen) atoms. The van der Waals surface area contributed by atoms with Crippen molar-refractivity contribution in [1.82, 2.24) is 20.2 Å². The fourth-order valence-corrected chi connectivity index (χ4v) is 4.27. The Hall–Kier alpha value is -2.62. The standard InChI is InChI=1S/C21H18BrCl2N5O3/c1-3-31-20(30)18-11(2)25-21-26-27-28-29(21)19(18)15-8-13(22)5-7-17(15)32-10-12-4-6-14(23)9-16(12)24/h4-9,19H,3,10H2,1-2H3,(H,25,26,28). The number of allylic oxidation sites excluding steroid dienone is 1. The van der Waals surface area contributed by atoms with E-state index in [-0.39, 0.29) is 13.2 Å². The molecule has 1 N–H and O–H groups in total. The number of anilines is 1. The zero-order valence-corrected chi connectivity index (χ0v) is 20.2. The van der Waals surface area contributed by atoms with Crippen molar-refractivity contribution in [2.45, 2.75) is 26.5 Å². The molecule has 0 radical (unpaired) electrons. The van der Waals surface area contributed by atoms with Crippen LogP contribution in [0.4, 0.5) is 5.95 Å². The normalized spacial score (nSPS) is 15.2. The molecule has 1 atom stereocenters. The number of tetrazole rings is 1. The molecule has 2 aromatic carbocycles. The Kier molecular flexibility index (Phi) is 6.68. The average molecular weight is 539 g/mol. The van der Waals surface area contributed by atoms with Gasteiger partial charge >= 0.3 is 5.97 Å². The summed E-state index contributed by atoms with van der Waals surface area (Å²) >= 11 is 15.8. The minimum Gasteiger partial charge on any atom is -0.488 e. The Morgan fingerprint density at radius 2 is 2.06 bits per heavy atom. The molecule has 8 nitrogen and oxygen atoms in total. The van der Waals surface area contributed by atoms with E-state index in [1.165, 1.54) is 4.68 Å². The van der Waals surface area contributed by atoms with E-state index in [0.29, 0.717) is 38.6 Å². The lowest BCUT2D eigenvalue weighted by atomic mass is 9.95. The fourth-order valence-electron chi connectivity index (χ4n) is 3.43. The maximum Gasteiger partial charge on any atom is 0.338 e. The Labute approximate surface area is 202 Å². The first-order chi connectivity index (χ1) is 15.4. The Morgan fingerprint density at radius 1 is 1.25 bits per heavy atom. The Bertz CT molecular complexity index is 1210. The summed E-state index contributed by atoms with van der Waals surface area (Å²) in [4.78, 5) is 12.9. The number of ether oxygens (including phenoxy) is 2. The summed E-state index contributed by atoms with van der Waals surface area (Å²) in [5, 5.41) is 16.0. The van der Waals surface area contributed by atoms with Crippen molar-refractivity contribution in [2.75, 3.05) is 11.9 Å². The predicted molar refractivity (Wildman–Crippen MR) is 124 cm³/mol. The SMILES string of the molecule is CCOC(=O)C1=C(C)Nc2nnnn2C1c1cc(Br)ccc1OCc1ccc(Cl)cc1Cl. The number of carbonyl (C=O) groups is 1. The highest BCUT2D eigenvalue weighted by Crippen LogP contribution is 2.40. The van der Waals surface area contributed by atoms with Crippen molar-refractivity contribution in [3.8, 4) is 5.75 Å². The third kappa shape index (κ3) is 4.46. The van der Waals surface area contributed by atoms with Gasteiger partial charge < -0.3 is 14.8 Å². The smallest absolute Gasteiger partial charge is 0.338 e. The minimum atomic E-state index is -0.659. The monoisotopic (exact) mass is 537 g/mol. The Balaban J connectivity index is 1.77. The number of halogens is 3. The van der Waals surface area contributed by atoms with Gasteiger partial charge in [-0.3, -0.25) is 0 Å². The van der Waals surface area contributed by atoms with Crippen LogP contribution in [0.1, 0.15) is 31.0 Å². The molecular weight excluding hydrogens is 521 g/mol. The number of hydrogen-bond acceptors (Lipinski definition) is 7. The third-order valence-electron chi connectivity index (χ3n) is 4.87. The first-order valence-electron chi connectivity index (χ1n) is 9.68. The largest absolute Gasteiger partial charge is 0.488 e. The maximum atomic E-state index is 12.9. The number of rotatable bonds is 6. The molecule has 1 aromatic heterocycles. The summed E-state index contributed by atoms with van der Waals surface area (Å²) in [6.45, 7) is 3.98. The molecule has 2 heterocycles. The summed E-state index contributed by atoms with van der Waals surface area (Å²) in [5.41, 5.74) is 2.44. The second-order valence-electron chi connectivity index (χ2n) is 6.94. The van der Waals surface area contributed by atoms with Crippen molar-refractivity contribution in [3.63, 3.8) is 0 Å². The number of aromatic nitrogens is 4. The van der Waals surface area contributed by atoms with Gasteiger partial charge in [0.2, 0.25) is 5.95 Å². The van der Waals surface area contributed by atoms with Crippen LogP contribution in [0, 0.1) is 0 Å². The highest BCUT2D eigenvalue weighted by molar-refractivity contribution is 9.10. The number of benzene rings is 2. The number of fused-ring (bicyclic) bond motifs is 1. The molecule has 0 amide bonds. The Morgan fingerprint density at radius 3 is 2.81 bits per heavy atom. The molecular formula is C21H18BrCl2N5O3. The van der Waals surface area contributed by atoms with Gasteiger partial charge in [-0.05, 0) is 54.6 Å². The number of carbonyl (C=O) groups excluding carboxylic acids is 1. The summed E-state index contributed by atoms with van der Waals surface area (Å²) in [7, 11) is 0. The molecule has 3 aromatic rings. The first-order valence-corrected chi connectivity index (χ1v) is 11.2. The van der Waals surface area contributed by atoms with Gasteiger partial charge in [0.15, 0.2) is 0 Å².